The molecule has 1 saturated heterocycles. The van der Waals surface area contributed by atoms with E-state index in [-0.39, 0.29) is 11.8 Å². The zero-order valence-electron chi connectivity index (χ0n) is 17.5. The first-order chi connectivity index (χ1) is 14.6. The fourth-order valence-corrected chi connectivity index (χ4v) is 4.13. The molecular weight excluding hydrogens is 374 g/mol. The van der Waals surface area contributed by atoms with Crippen molar-refractivity contribution < 1.29 is 9.59 Å². The highest BCUT2D eigenvalue weighted by Gasteiger charge is 2.25. The summed E-state index contributed by atoms with van der Waals surface area (Å²) in [6.45, 7) is 4.10. The lowest BCUT2D eigenvalue weighted by molar-refractivity contribution is -0.122. The molecule has 5 heteroatoms. The molecule has 2 N–H and O–H groups in total. The third-order valence-corrected chi connectivity index (χ3v) is 6.06. The van der Waals surface area contributed by atoms with Gasteiger partial charge in [0.25, 0.3) is 5.91 Å². The molecule has 2 amide bonds. The maximum atomic E-state index is 12.8. The molecule has 0 spiro atoms. The second kappa shape index (κ2) is 9.16. The highest BCUT2D eigenvalue weighted by Crippen LogP contribution is 2.23. The maximum absolute atomic E-state index is 12.8. The van der Waals surface area contributed by atoms with Crippen molar-refractivity contribution in [1.82, 2.24) is 15.2 Å². The minimum absolute atomic E-state index is 0.0460. The van der Waals surface area contributed by atoms with Crippen LogP contribution in [-0.2, 0) is 17.8 Å². The van der Waals surface area contributed by atoms with Crippen molar-refractivity contribution in [3.05, 3.63) is 71.4 Å². The van der Waals surface area contributed by atoms with E-state index in [9.17, 15) is 9.59 Å². The topological polar surface area (TPSA) is 65.2 Å². The molecular formula is C25H29N3O2. The summed E-state index contributed by atoms with van der Waals surface area (Å²) in [5.74, 6) is 0.471. The van der Waals surface area contributed by atoms with Crippen LogP contribution in [0.15, 0.2) is 54.6 Å². The highest BCUT2D eigenvalue weighted by molar-refractivity contribution is 5.98. The van der Waals surface area contributed by atoms with Gasteiger partial charge in [-0.3, -0.25) is 9.59 Å². The molecule has 30 heavy (non-hydrogen) atoms. The van der Waals surface area contributed by atoms with Crippen molar-refractivity contribution in [1.29, 1.82) is 0 Å². The van der Waals surface area contributed by atoms with Crippen molar-refractivity contribution >= 4 is 22.7 Å². The molecule has 0 unspecified atom stereocenters. The van der Waals surface area contributed by atoms with Crippen LogP contribution < -0.4 is 5.32 Å². The largest absolute Gasteiger partial charge is 0.352 e. The van der Waals surface area contributed by atoms with E-state index in [2.05, 4.69) is 41.5 Å². The minimum Gasteiger partial charge on any atom is -0.352 e. The molecule has 0 bridgehead atoms. The van der Waals surface area contributed by atoms with Crippen molar-refractivity contribution in [2.45, 2.75) is 39.2 Å². The van der Waals surface area contributed by atoms with Crippen LogP contribution in [0.2, 0.25) is 0 Å². The zero-order valence-corrected chi connectivity index (χ0v) is 17.5. The number of piperidine rings is 1. The third-order valence-electron chi connectivity index (χ3n) is 6.06. The summed E-state index contributed by atoms with van der Waals surface area (Å²) in [5, 5.41) is 4.09. The first-order valence-electron chi connectivity index (χ1n) is 10.8. The van der Waals surface area contributed by atoms with Gasteiger partial charge in [-0.2, -0.15) is 0 Å². The predicted octanol–water partition coefficient (Wildman–Crippen LogP) is 4.29. The van der Waals surface area contributed by atoms with Crippen LogP contribution in [0.25, 0.3) is 10.9 Å². The van der Waals surface area contributed by atoms with Gasteiger partial charge < -0.3 is 15.2 Å². The number of carbonyl (C=O) groups is 2. The second-order valence-electron chi connectivity index (χ2n) is 8.16. The molecule has 1 fully saturated rings. The number of para-hydroxylation sites is 1. The smallest absolute Gasteiger partial charge is 0.270 e. The number of benzene rings is 2. The van der Waals surface area contributed by atoms with Gasteiger partial charge in [-0.15, -0.1) is 0 Å². The number of H-pyrrole nitrogens is 1. The fraction of sp³-hybridized carbons (Fsp3) is 0.360. The first-order valence-corrected chi connectivity index (χ1v) is 10.8. The number of rotatable bonds is 6. The van der Waals surface area contributed by atoms with Gasteiger partial charge in [-0.1, -0.05) is 49.4 Å². The molecule has 1 aliphatic rings. The van der Waals surface area contributed by atoms with E-state index < -0.39 is 0 Å². The van der Waals surface area contributed by atoms with Crippen LogP contribution in [0.1, 0.15) is 47.8 Å². The summed E-state index contributed by atoms with van der Waals surface area (Å²) < 4.78 is 0. The molecule has 1 aliphatic heterocycles. The zero-order chi connectivity index (χ0) is 20.9. The Morgan fingerprint density at radius 2 is 1.73 bits per heavy atom. The van der Waals surface area contributed by atoms with Gasteiger partial charge in [0.15, 0.2) is 0 Å². The average molecular weight is 404 g/mol. The number of hydrogen-bond acceptors (Lipinski definition) is 2. The maximum Gasteiger partial charge on any atom is 0.270 e. The number of nitrogens with one attached hydrogen (secondary N) is 2. The number of likely N-dealkylation sites (tertiary alicyclic amines) is 1. The van der Waals surface area contributed by atoms with Crippen LogP contribution in [-0.4, -0.2) is 34.8 Å². The Morgan fingerprint density at radius 3 is 2.43 bits per heavy atom. The van der Waals surface area contributed by atoms with E-state index in [0.29, 0.717) is 37.7 Å². The number of aromatic amines is 1. The normalized spacial score (nSPS) is 14.8. The quantitative estimate of drug-likeness (QED) is 0.645. The Balaban J connectivity index is 1.23. The minimum atomic E-state index is 0.0460. The Hall–Kier alpha value is -3.08. The monoisotopic (exact) mass is 403 g/mol. The van der Waals surface area contributed by atoms with E-state index in [1.54, 1.807) is 0 Å². The van der Waals surface area contributed by atoms with Crippen LogP contribution in [0.3, 0.4) is 0 Å². The summed E-state index contributed by atoms with van der Waals surface area (Å²) in [4.78, 5) is 30.3. The summed E-state index contributed by atoms with van der Waals surface area (Å²) in [6.07, 6.45) is 3.28. The Bertz CT molecular complexity index is 981. The highest BCUT2D eigenvalue weighted by atomic mass is 16.2. The van der Waals surface area contributed by atoms with Gasteiger partial charge in [0, 0.05) is 37.0 Å². The standard InChI is InChI=1S/C25H29N3O2/c1-2-18-7-9-20(10-8-18)17-26-24(29)15-19-11-13-28(14-12-19)25(30)23-16-21-5-3-4-6-22(21)27-23/h3-10,16,19,27H,2,11-15,17H2,1H3,(H,26,29). The lowest BCUT2D eigenvalue weighted by Gasteiger charge is -2.31. The van der Waals surface area contributed by atoms with Gasteiger partial charge in [-0.05, 0) is 48.4 Å². The Morgan fingerprint density at radius 1 is 1.03 bits per heavy atom. The van der Waals surface area contributed by atoms with E-state index >= 15 is 0 Å². The van der Waals surface area contributed by atoms with Crippen LogP contribution in [0.5, 0.6) is 0 Å². The molecule has 5 nitrogen and oxygen atoms in total. The molecule has 156 valence electrons. The average Bonchev–Trinajstić information content (AvgIpc) is 3.22. The number of amides is 2. The van der Waals surface area contributed by atoms with E-state index in [1.165, 1.54) is 5.56 Å². The van der Waals surface area contributed by atoms with E-state index in [0.717, 1.165) is 35.7 Å². The van der Waals surface area contributed by atoms with Crippen LogP contribution in [0.4, 0.5) is 0 Å². The number of nitrogens with zero attached hydrogens (tertiary/aromatic N) is 1. The van der Waals surface area contributed by atoms with Gasteiger partial charge in [0.05, 0.1) is 0 Å². The van der Waals surface area contributed by atoms with Crippen LogP contribution >= 0.6 is 0 Å². The van der Waals surface area contributed by atoms with Crippen molar-refractivity contribution in [2.24, 2.45) is 5.92 Å². The first kappa shape index (κ1) is 20.2. The number of hydrogen-bond donors (Lipinski definition) is 2. The lowest BCUT2D eigenvalue weighted by atomic mass is 9.93. The number of aryl methyl sites for hydroxylation is 1. The van der Waals surface area contributed by atoms with Gasteiger partial charge in [-0.25, -0.2) is 0 Å². The SMILES string of the molecule is CCc1ccc(CNC(=O)CC2CCN(C(=O)c3cc4ccccc4[nH]3)CC2)cc1. The molecule has 2 aromatic carbocycles. The summed E-state index contributed by atoms with van der Waals surface area (Å²) in [7, 11) is 0. The number of fused-ring (bicyclic) bond motifs is 1. The summed E-state index contributed by atoms with van der Waals surface area (Å²) in [5.41, 5.74) is 4.05. The van der Waals surface area contributed by atoms with Crippen LogP contribution in [0, 0.1) is 5.92 Å². The Kier molecular flexibility index (Phi) is 6.17. The second-order valence-corrected chi connectivity index (χ2v) is 8.16. The number of aromatic nitrogens is 1. The number of carbonyl (C=O) groups excluding carboxylic acids is 2. The summed E-state index contributed by atoms with van der Waals surface area (Å²) >= 11 is 0. The molecule has 4 rings (SSSR count). The van der Waals surface area contributed by atoms with Crippen molar-refractivity contribution in [3.63, 3.8) is 0 Å². The molecule has 0 aliphatic carbocycles. The van der Waals surface area contributed by atoms with E-state index in [1.807, 2.05) is 35.2 Å². The summed E-state index contributed by atoms with van der Waals surface area (Å²) in [6, 6.07) is 18.2. The molecule has 0 saturated carbocycles. The van der Waals surface area contributed by atoms with Crippen molar-refractivity contribution in [2.75, 3.05) is 13.1 Å². The molecule has 0 radical (unpaired) electrons. The van der Waals surface area contributed by atoms with E-state index in [4.69, 9.17) is 0 Å². The van der Waals surface area contributed by atoms with Gasteiger partial charge in [0.2, 0.25) is 5.91 Å². The van der Waals surface area contributed by atoms with Crippen molar-refractivity contribution in [3.8, 4) is 0 Å². The molecule has 2 heterocycles. The predicted molar refractivity (Wildman–Crippen MR) is 119 cm³/mol. The fourth-order valence-electron chi connectivity index (χ4n) is 4.13. The Labute approximate surface area is 177 Å². The third kappa shape index (κ3) is 4.73. The molecule has 1 aromatic heterocycles. The lowest BCUT2D eigenvalue weighted by Crippen LogP contribution is -2.39. The molecule has 0 atom stereocenters. The van der Waals surface area contributed by atoms with Gasteiger partial charge in [0.1, 0.15) is 5.69 Å². The van der Waals surface area contributed by atoms with Gasteiger partial charge >= 0.3 is 0 Å². The molecule has 3 aromatic rings.